The average molecular weight is 245 g/mol. The number of hydrogen-bond donors (Lipinski definition) is 2. The Morgan fingerprint density at radius 1 is 1.44 bits per heavy atom. The monoisotopic (exact) mass is 245 g/mol. The van der Waals surface area contributed by atoms with Crippen LogP contribution in [0.15, 0.2) is 0 Å². The van der Waals surface area contributed by atoms with Crippen molar-refractivity contribution in [2.45, 2.75) is 20.8 Å². The van der Waals surface area contributed by atoms with E-state index >= 15 is 0 Å². The maximum atomic E-state index is 11.9. The maximum Gasteiger partial charge on any atom is 0.239 e. The van der Waals surface area contributed by atoms with Gasteiger partial charge in [-0.3, -0.25) is 9.59 Å². The molecule has 5 nitrogen and oxygen atoms in total. The molecule has 0 aliphatic heterocycles. The number of carbonyl (C=O) groups excluding carboxylic acids is 2. The minimum atomic E-state index is -0.920. The first kappa shape index (κ1) is 14.8. The molecule has 0 saturated carbocycles. The second-order valence-electron chi connectivity index (χ2n) is 4.10. The van der Waals surface area contributed by atoms with Gasteiger partial charge in [-0.25, -0.2) is 0 Å². The second kappa shape index (κ2) is 5.79. The molecule has 3 N–H and O–H groups in total. The van der Waals surface area contributed by atoms with Gasteiger partial charge in [0.1, 0.15) is 0 Å². The third-order valence-electron chi connectivity index (χ3n) is 2.25. The Balaban J connectivity index is 4.51. The molecular weight excluding hydrogens is 226 g/mol. The molecule has 92 valence electrons. The van der Waals surface area contributed by atoms with Gasteiger partial charge in [0.2, 0.25) is 11.8 Å². The summed E-state index contributed by atoms with van der Waals surface area (Å²) in [7, 11) is 1.55. The summed E-state index contributed by atoms with van der Waals surface area (Å²) in [5, 5.41) is 2.62. The van der Waals surface area contributed by atoms with Crippen molar-refractivity contribution >= 4 is 29.0 Å². The summed E-state index contributed by atoms with van der Waals surface area (Å²) < 4.78 is 0. The van der Waals surface area contributed by atoms with Crippen LogP contribution < -0.4 is 11.1 Å². The van der Waals surface area contributed by atoms with Crippen LogP contribution in [0.5, 0.6) is 0 Å². The van der Waals surface area contributed by atoms with Crippen LogP contribution >= 0.6 is 12.2 Å². The zero-order valence-corrected chi connectivity index (χ0v) is 11.0. The van der Waals surface area contributed by atoms with E-state index in [0.29, 0.717) is 6.54 Å². The Morgan fingerprint density at radius 3 is 2.31 bits per heavy atom. The summed E-state index contributed by atoms with van der Waals surface area (Å²) >= 11 is 4.82. The number of rotatable bonds is 5. The SMILES string of the molecule is CCNC(=O)CN(C)C(=O)C(C)(C)C(N)=S. The first-order valence-corrected chi connectivity index (χ1v) is 5.46. The van der Waals surface area contributed by atoms with Gasteiger partial charge >= 0.3 is 0 Å². The van der Waals surface area contributed by atoms with E-state index in [1.165, 1.54) is 4.90 Å². The lowest BCUT2D eigenvalue weighted by Crippen LogP contribution is -2.48. The van der Waals surface area contributed by atoms with E-state index in [1.807, 2.05) is 6.92 Å². The zero-order chi connectivity index (χ0) is 12.9. The lowest BCUT2D eigenvalue weighted by Gasteiger charge is -2.27. The van der Waals surface area contributed by atoms with Crippen LogP contribution in [0.1, 0.15) is 20.8 Å². The predicted octanol–water partition coefficient (Wildman–Crippen LogP) is -0.107. The molecule has 0 fully saturated rings. The number of amides is 2. The predicted molar refractivity (Wildman–Crippen MR) is 66.9 cm³/mol. The fourth-order valence-corrected chi connectivity index (χ4v) is 1.21. The number of nitrogens with two attached hydrogens (primary N) is 1. The number of nitrogens with one attached hydrogen (secondary N) is 1. The standard InChI is InChI=1S/C10H19N3O2S/c1-5-12-7(14)6-13(4)9(15)10(2,3)8(11)16/h5-6H2,1-4H3,(H2,11,16)(H,12,14). The van der Waals surface area contributed by atoms with Crippen LogP contribution in [0.25, 0.3) is 0 Å². The molecule has 0 bridgehead atoms. The zero-order valence-electron chi connectivity index (χ0n) is 10.2. The lowest BCUT2D eigenvalue weighted by atomic mass is 9.92. The van der Waals surface area contributed by atoms with Crippen molar-refractivity contribution in [3.8, 4) is 0 Å². The van der Waals surface area contributed by atoms with Crippen LogP contribution in [0, 0.1) is 5.41 Å². The molecule has 2 amide bonds. The molecule has 0 aliphatic rings. The van der Waals surface area contributed by atoms with Crippen LogP contribution in [0.3, 0.4) is 0 Å². The van der Waals surface area contributed by atoms with Crippen molar-refractivity contribution in [2.24, 2.45) is 11.1 Å². The molecule has 0 aromatic heterocycles. The molecule has 0 atom stereocenters. The normalized spacial score (nSPS) is 10.8. The summed E-state index contributed by atoms with van der Waals surface area (Å²) in [6, 6.07) is 0. The van der Waals surface area contributed by atoms with E-state index in [-0.39, 0.29) is 23.3 Å². The van der Waals surface area contributed by atoms with Crippen LogP contribution in [-0.4, -0.2) is 41.8 Å². The van der Waals surface area contributed by atoms with Crippen LogP contribution in [0.4, 0.5) is 0 Å². The smallest absolute Gasteiger partial charge is 0.239 e. The highest BCUT2D eigenvalue weighted by atomic mass is 32.1. The molecular formula is C10H19N3O2S. The molecule has 0 heterocycles. The Morgan fingerprint density at radius 2 is 1.94 bits per heavy atom. The van der Waals surface area contributed by atoms with Gasteiger partial charge in [-0.1, -0.05) is 12.2 Å². The van der Waals surface area contributed by atoms with Crippen LogP contribution in [-0.2, 0) is 9.59 Å². The summed E-state index contributed by atoms with van der Waals surface area (Å²) in [6.45, 7) is 5.66. The fraction of sp³-hybridized carbons (Fsp3) is 0.700. The third-order valence-corrected chi connectivity index (χ3v) is 2.76. The van der Waals surface area contributed by atoms with Crippen molar-refractivity contribution in [1.29, 1.82) is 0 Å². The van der Waals surface area contributed by atoms with Gasteiger partial charge < -0.3 is 16.0 Å². The molecule has 0 aliphatic carbocycles. The molecule has 6 heteroatoms. The summed E-state index contributed by atoms with van der Waals surface area (Å²) in [6.07, 6.45) is 0. The van der Waals surface area contributed by atoms with Crippen LogP contribution in [0.2, 0.25) is 0 Å². The molecule has 16 heavy (non-hydrogen) atoms. The molecule has 0 radical (unpaired) electrons. The van der Waals surface area contributed by atoms with E-state index in [1.54, 1.807) is 20.9 Å². The Hall–Kier alpha value is -1.17. The van der Waals surface area contributed by atoms with Gasteiger partial charge in [0.25, 0.3) is 0 Å². The molecule has 0 saturated heterocycles. The molecule has 0 aromatic rings. The van der Waals surface area contributed by atoms with E-state index < -0.39 is 5.41 Å². The molecule has 0 spiro atoms. The summed E-state index contributed by atoms with van der Waals surface area (Å²) in [5.74, 6) is -0.455. The largest absolute Gasteiger partial charge is 0.392 e. The second-order valence-corrected chi connectivity index (χ2v) is 4.54. The van der Waals surface area contributed by atoms with E-state index in [2.05, 4.69) is 5.32 Å². The highest BCUT2D eigenvalue weighted by molar-refractivity contribution is 7.80. The van der Waals surface area contributed by atoms with Gasteiger partial charge in [-0.15, -0.1) is 0 Å². The van der Waals surface area contributed by atoms with Crippen molar-refractivity contribution in [3.05, 3.63) is 0 Å². The number of likely N-dealkylation sites (N-methyl/N-ethyl adjacent to an activating group) is 2. The molecule has 0 rings (SSSR count). The van der Waals surface area contributed by atoms with Gasteiger partial charge in [0.05, 0.1) is 16.9 Å². The topological polar surface area (TPSA) is 75.4 Å². The van der Waals surface area contributed by atoms with E-state index in [0.717, 1.165) is 0 Å². The van der Waals surface area contributed by atoms with Crippen molar-refractivity contribution in [3.63, 3.8) is 0 Å². The lowest BCUT2D eigenvalue weighted by molar-refractivity contribution is -0.139. The Kier molecular flexibility index (Phi) is 5.37. The van der Waals surface area contributed by atoms with Gasteiger partial charge in [0.15, 0.2) is 0 Å². The van der Waals surface area contributed by atoms with Crippen molar-refractivity contribution in [1.82, 2.24) is 10.2 Å². The van der Waals surface area contributed by atoms with E-state index in [9.17, 15) is 9.59 Å². The minimum absolute atomic E-state index is 0.0126. The highest BCUT2D eigenvalue weighted by Gasteiger charge is 2.33. The van der Waals surface area contributed by atoms with Crippen molar-refractivity contribution in [2.75, 3.05) is 20.1 Å². The number of hydrogen-bond acceptors (Lipinski definition) is 3. The first-order chi connectivity index (χ1) is 7.23. The third kappa shape index (κ3) is 3.77. The maximum absolute atomic E-state index is 11.9. The first-order valence-electron chi connectivity index (χ1n) is 5.05. The van der Waals surface area contributed by atoms with E-state index in [4.69, 9.17) is 18.0 Å². The van der Waals surface area contributed by atoms with Crippen molar-refractivity contribution < 1.29 is 9.59 Å². The molecule has 0 aromatic carbocycles. The average Bonchev–Trinajstić information content (AvgIpc) is 2.16. The quantitative estimate of drug-likeness (QED) is 0.663. The summed E-state index contributed by atoms with van der Waals surface area (Å²) in [4.78, 5) is 24.7. The number of nitrogens with zero attached hydrogens (tertiary/aromatic N) is 1. The van der Waals surface area contributed by atoms with Gasteiger partial charge in [0, 0.05) is 13.6 Å². The summed E-state index contributed by atoms with van der Waals surface area (Å²) in [5.41, 5.74) is 4.56. The minimum Gasteiger partial charge on any atom is -0.392 e. The number of thiocarbonyl (C=S) groups is 1. The fourth-order valence-electron chi connectivity index (χ4n) is 1.12. The Bertz CT molecular complexity index is 302. The number of carbonyl (C=O) groups is 2. The Labute approximate surface area is 101 Å². The van der Waals surface area contributed by atoms with Gasteiger partial charge in [-0.2, -0.15) is 0 Å². The molecule has 0 unspecified atom stereocenters. The highest BCUT2D eigenvalue weighted by Crippen LogP contribution is 2.18. The van der Waals surface area contributed by atoms with Gasteiger partial charge in [-0.05, 0) is 20.8 Å².